The number of carboxylic acids is 1. The zero-order valence-corrected chi connectivity index (χ0v) is 14.4. The Balaban J connectivity index is 1.89. The third-order valence-corrected chi connectivity index (χ3v) is 4.83. The molecule has 1 aromatic rings. The molecule has 0 aromatic heterocycles. The Hall–Kier alpha value is -0.980. The minimum absolute atomic E-state index is 0.0859. The third kappa shape index (κ3) is 5.04. The number of benzene rings is 1. The first kappa shape index (κ1) is 17.4. The zero-order valence-electron chi connectivity index (χ0n) is 12.8. The smallest absolute Gasteiger partial charge is 0.317 e. The molecule has 1 aliphatic heterocycles. The lowest BCUT2D eigenvalue weighted by molar-refractivity contribution is -0.138. The molecule has 22 heavy (non-hydrogen) atoms. The Morgan fingerprint density at radius 3 is 2.91 bits per heavy atom. The standard InChI is InChI=1S/C16H22BrFN2O2/c1-19(11-16(21)22)13-3-2-7-20(8-6-13)10-12-4-5-14(17)15(18)9-12/h4-5,9,13H,2-3,6-8,10-11H2,1H3,(H,21,22). The molecule has 1 aliphatic rings. The van der Waals surface area contributed by atoms with Gasteiger partial charge in [0, 0.05) is 12.6 Å². The molecule has 1 aromatic carbocycles. The van der Waals surface area contributed by atoms with Gasteiger partial charge >= 0.3 is 5.97 Å². The number of carbonyl (C=O) groups is 1. The zero-order chi connectivity index (χ0) is 16.1. The van der Waals surface area contributed by atoms with E-state index in [-0.39, 0.29) is 12.4 Å². The van der Waals surface area contributed by atoms with Crippen LogP contribution in [0.1, 0.15) is 24.8 Å². The number of halogens is 2. The van der Waals surface area contributed by atoms with E-state index in [1.54, 1.807) is 12.1 Å². The Morgan fingerprint density at radius 2 is 2.23 bits per heavy atom. The molecule has 1 heterocycles. The van der Waals surface area contributed by atoms with Crippen LogP contribution in [0.25, 0.3) is 0 Å². The van der Waals surface area contributed by atoms with Gasteiger partial charge in [-0.3, -0.25) is 14.6 Å². The Morgan fingerprint density at radius 1 is 1.45 bits per heavy atom. The first-order valence-corrected chi connectivity index (χ1v) is 8.33. The van der Waals surface area contributed by atoms with E-state index in [4.69, 9.17) is 5.11 Å². The van der Waals surface area contributed by atoms with E-state index in [0.29, 0.717) is 10.5 Å². The molecule has 0 radical (unpaired) electrons. The molecule has 0 amide bonds. The summed E-state index contributed by atoms with van der Waals surface area (Å²) in [6.45, 7) is 2.70. The average molecular weight is 373 g/mol. The maximum Gasteiger partial charge on any atom is 0.317 e. The van der Waals surface area contributed by atoms with Crippen molar-refractivity contribution in [2.75, 3.05) is 26.7 Å². The fraction of sp³-hybridized carbons (Fsp3) is 0.562. The molecule has 0 aliphatic carbocycles. The summed E-state index contributed by atoms with van der Waals surface area (Å²) in [7, 11) is 1.87. The van der Waals surface area contributed by atoms with Crippen molar-refractivity contribution in [2.24, 2.45) is 0 Å². The van der Waals surface area contributed by atoms with E-state index in [2.05, 4.69) is 20.8 Å². The fourth-order valence-corrected chi connectivity index (χ4v) is 3.22. The molecule has 2 rings (SSSR count). The first-order valence-electron chi connectivity index (χ1n) is 7.54. The summed E-state index contributed by atoms with van der Waals surface area (Å²) in [5.41, 5.74) is 0.970. The van der Waals surface area contributed by atoms with Gasteiger partial charge in [0.2, 0.25) is 0 Å². The van der Waals surface area contributed by atoms with Crippen molar-refractivity contribution in [3.63, 3.8) is 0 Å². The van der Waals surface area contributed by atoms with Crippen LogP contribution < -0.4 is 0 Å². The van der Waals surface area contributed by atoms with E-state index in [0.717, 1.165) is 44.5 Å². The topological polar surface area (TPSA) is 43.8 Å². The highest BCUT2D eigenvalue weighted by Gasteiger charge is 2.21. The molecule has 1 fully saturated rings. The average Bonchev–Trinajstić information content (AvgIpc) is 2.68. The van der Waals surface area contributed by atoms with Crippen LogP contribution in [0.5, 0.6) is 0 Å². The van der Waals surface area contributed by atoms with Crippen LogP contribution >= 0.6 is 15.9 Å². The van der Waals surface area contributed by atoms with Crippen LogP contribution in [0.3, 0.4) is 0 Å². The van der Waals surface area contributed by atoms with Crippen LogP contribution in [0.15, 0.2) is 22.7 Å². The molecule has 4 nitrogen and oxygen atoms in total. The number of rotatable bonds is 5. The summed E-state index contributed by atoms with van der Waals surface area (Å²) in [5, 5.41) is 8.89. The van der Waals surface area contributed by atoms with Crippen LogP contribution in [0.2, 0.25) is 0 Å². The summed E-state index contributed by atoms with van der Waals surface area (Å²) >= 11 is 3.17. The maximum absolute atomic E-state index is 13.6. The molecule has 1 N–H and O–H groups in total. The van der Waals surface area contributed by atoms with Crippen LogP contribution in [-0.2, 0) is 11.3 Å². The highest BCUT2D eigenvalue weighted by molar-refractivity contribution is 9.10. The van der Waals surface area contributed by atoms with Gasteiger partial charge < -0.3 is 5.11 Å². The lowest BCUT2D eigenvalue weighted by Crippen LogP contribution is -2.36. The van der Waals surface area contributed by atoms with Crippen molar-refractivity contribution in [2.45, 2.75) is 31.8 Å². The minimum atomic E-state index is -0.783. The Kier molecular flexibility index (Phi) is 6.35. The summed E-state index contributed by atoms with van der Waals surface area (Å²) in [4.78, 5) is 15.1. The third-order valence-electron chi connectivity index (χ3n) is 4.19. The van der Waals surface area contributed by atoms with Gasteiger partial charge in [-0.15, -0.1) is 0 Å². The summed E-state index contributed by atoms with van der Waals surface area (Å²) in [6, 6.07) is 5.56. The van der Waals surface area contributed by atoms with E-state index in [1.165, 1.54) is 0 Å². The van der Waals surface area contributed by atoms with Gasteiger partial charge in [0.15, 0.2) is 0 Å². The number of likely N-dealkylation sites (N-methyl/N-ethyl adjacent to an activating group) is 1. The predicted octanol–water partition coefficient (Wildman–Crippen LogP) is 2.96. The first-order chi connectivity index (χ1) is 10.5. The lowest BCUT2D eigenvalue weighted by Gasteiger charge is -2.25. The van der Waals surface area contributed by atoms with Gasteiger partial charge in [-0.1, -0.05) is 6.07 Å². The summed E-state index contributed by atoms with van der Waals surface area (Å²) in [6.07, 6.45) is 2.99. The maximum atomic E-state index is 13.6. The normalized spacial score (nSPS) is 20.1. The highest BCUT2D eigenvalue weighted by Crippen LogP contribution is 2.20. The largest absolute Gasteiger partial charge is 0.480 e. The SMILES string of the molecule is CN(CC(=O)O)C1CCCN(Cc2ccc(Br)c(F)c2)CC1. The number of aliphatic carboxylic acids is 1. The van der Waals surface area contributed by atoms with Crippen molar-refractivity contribution in [1.82, 2.24) is 9.80 Å². The molecule has 122 valence electrons. The Labute approximate surface area is 139 Å². The molecule has 0 bridgehead atoms. The molecular formula is C16H22BrFN2O2. The molecule has 6 heteroatoms. The number of nitrogens with zero attached hydrogens (tertiary/aromatic N) is 2. The van der Waals surface area contributed by atoms with Crippen molar-refractivity contribution >= 4 is 21.9 Å². The molecule has 1 atom stereocenters. The van der Waals surface area contributed by atoms with E-state index in [9.17, 15) is 9.18 Å². The van der Waals surface area contributed by atoms with E-state index in [1.807, 2.05) is 18.0 Å². The molecule has 1 unspecified atom stereocenters. The Bertz CT molecular complexity index is 527. The van der Waals surface area contributed by atoms with E-state index >= 15 is 0 Å². The second kappa shape index (κ2) is 8.04. The number of hydrogen-bond donors (Lipinski definition) is 1. The summed E-state index contributed by atoms with van der Waals surface area (Å²) < 4.78 is 14.1. The van der Waals surface area contributed by atoms with Crippen LogP contribution in [0.4, 0.5) is 4.39 Å². The van der Waals surface area contributed by atoms with Crippen LogP contribution in [-0.4, -0.2) is 53.6 Å². The summed E-state index contributed by atoms with van der Waals surface area (Å²) in [5.74, 6) is -1.01. The predicted molar refractivity (Wildman–Crippen MR) is 87.3 cm³/mol. The van der Waals surface area contributed by atoms with Gasteiger partial charge in [0.05, 0.1) is 11.0 Å². The number of hydrogen-bond acceptors (Lipinski definition) is 3. The van der Waals surface area contributed by atoms with Crippen molar-refractivity contribution < 1.29 is 14.3 Å². The quantitative estimate of drug-likeness (QED) is 0.862. The second-order valence-corrected chi connectivity index (χ2v) is 6.77. The number of likely N-dealkylation sites (tertiary alicyclic amines) is 1. The molecule has 0 saturated carbocycles. The fourth-order valence-electron chi connectivity index (χ4n) is 2.98. The van der Waals surface area contributed by atoms with Crippen molar-refractivity contribution in [3.8, 4) is 0 Å². The van der Waals surface area contributed by atoms with Crippen LogP contribution in [0, 0.1) is 5.82 Å². The molecule has 0 spiro atoms. The second-order valence-electron chi connectivity index (χ2n) is 5.92. The van der Waals surface area contributed by atoms with Crippen molar-refractivity contribution in [1.29, 1.82) is 0 Å². The highest BCUT2D eigenvalue weighted by atomic mass is 79.9. The lowest BCUT2D eigenvalue weighted by atomic mass is 10.1. The minimum Gasteiger partial charge on any atom is -0.480 e. The number of carboxylic acid groups (broad SMARTS) is 1. The molecular weight excluding hydrogens is 351 g/mol. The molecule has 1 saturated heterocycles. The van der Waals surface area contributed by atoms with Gasteiger partial charge in [-0.05, 0) is 73.0 Å². The van der Waals surface area contributed by atoms with Crippen molar-refractivity contribution in [3.05, 3.63) is 34.1 Å². The van der Waals surface area contributed by atoms with Gasteiger partial charge in [-0.25, -0.2) is 4.39 Å². The monoisotopic (exact) mass is 372 g/mol. The van der Waals surface area contributed by atoms with Gasteiger partial charge in [0.25, 0.3) is 0 Å². The van der Waals surface area contributed by atoms with E-state index < -0.39 is 5.97 Å². The van der Waals surface area contributed by atoms with Gasteiger partial charge in [0.1, 0.15) is 5.82 Å². The van der Waals surface area contributed by atoms with Gasteiger partial charge in [-0.2, -0.15) is 0 Å².